The third-order valence-electron chi connectivity index (χ3n) is 6.14. The van der Waals surface area contributed by atoms with Crippen molar-refractivity contribution in [1.29, 1.82) is 0 Å². The monoisotopic (exact) mass is 422 g/mol. The highest BCUT2D eigenvalue weighted by Gasteiger charge is 2.30. The average molecular weight is 423 g/mol. The van der Waals surface area contributed by atoms with E-state index in [9.17, 15) is 4.79 Å². The van der Waals surface area contributed by atoms with Crippen molar-refractivity contribution in [3.05, 3.63) is 30.6 Å². The van der Waals surface area contributed by atoms with Crippen molar-refractivity contribution in [3.8, 4) is 17.0 Å². The smallest absolute Gasteiger partial charge is 0.228 e. The molecule has 3 aromatic heterocycles. The predicted molar refractivity (Wildman–Crippen MR) is 119 cm³/mol. The minimum absolute atomic E-state index is 0.0634. The molecule has 1 amide bonds. The summed E-state index contributed by atoms with van der Waals surface area (Å²) < 4.78 is 9.85. The van der Waals surface area contributed by atoms with E-state index in [4.69, 9.17) is 4.74 Å². The molecule has 1 saturated carbocycles. The van der Waals surface area contributed by atoms with Crippen LogP contribution in [0, 0.1) is 11.8 Å². The van der Waals surface area contributed by atoms with E-state index in [1.54, 1.807) is 10.7 Å². The highest BCUT2D eigenvalue weighted by molar-refractivity contribution is 5.93. The zero-order valence-corrected chi connectivity index (χ0v) is 18.4. The number of aryl methyl sites for hydroxylation is 1. The quantitative estimate of drug-likeness (QED) is 0.603. The van der Waals surface area contributed by atoms with Crippen molar-refractivity contribution in [1.82, 2.24) is 24.3 Å². The Kier molecular flexibility index (Phi) is 5.17. The molecule has 1 aliphatic heterocycles. The summed E-state index contributed by atoms with van der Waals surface area (Å²) in [4.78, 5) is 14.5. The molecule has 0 bridgehead atoms. The van der Waals surface area contributed by atoms with Gasteiger partial charge in [0.05, 0.1) is 11.7 Å². The molecule has 164 valence electrons. The molecule has 31 heavy (non-hydrogen) atoms. The van der Waals surface area contributed by atoms with Crippen molar-refractivity contribution in [3.63, 3.8) is 0 Å². The van der Waals surface area contributed by atoms with Gasteiger partial charge in [-0.2, -0.15) is 10.2 Å². The maximum absolute atomic E-state index is 12.0. The van der Waals surface area contributed by atoms with Gasteiger partial charge < -0.3 is 10.1 Å². The fourth-order valence-corrected chi connectivity index (χ4v) is 4.21. The summed E-state index contributed by atoms with van der Waals surface area (Å²) in [6.45, 7) is 7.46. The summed E-state index contributed by atoms with van der Waals surface area (Å²) in [5, 5.41) is 11.8. The molecule has 0 spiro atoms. The van der Waals surface area contributed by atoms with Gasteiger partial charge in [-0.3, -0.25) is 14.4 Å². The molecule has 4 heterocycles. The number of pyridine rings is 1. The number of aromatic nitrogens is 4. The molecule has 8 heteroatoms. The molecule has 0 aromatic carbocycles. The summed E-state index contributed by atoms with van der Waals surface area (Å²) in [7, 11) is 1.93. The second-order valence-corrected chi connectivity index (χ2v) is 9.20. The molecule has 5 rings (SSSR count). The van der Waals surface area contributed by atoms with Gasteiger partial charge in [-0.25, -0.2) is 4.52 Å². The van der Waals surface area contributed by atoms with E-state index in [1.807, 2.05) is 30.1 Å². The number of fused-ring (bicyclic) bond motifs is 1. The maximum Gasteiger partial charge on any atom is 0.228 e. The van der Waals surface area contributed by atoms with Gasteiger partial charge in [0.15, 0.2) is 11.6 Å². The number of anilines is 1. The van der Waals surface area contributed by atoms with E-state index in [2.05, 4.69) is 40.3 Å². The Balaban J connectivity index is 1.32. The van der Waals surface area contributed by atoms with E-state index in [0.29, 0.717) is 24.4 Å². The lowest BCUT2D eigenvalue weighted by molar-refractivity contribution is -0.117. The van der Waals surface area contributed by atoms with Crippen LogP contribution >= 0.6 is 0 Å². The van der Waals surface area contributed by atoms with Crippen LogP contribution < -0.4 is 10.1 Å². The van der Waals surface area contributed by atoms with Crippen LogP contribution in [0.5, 0.6) is 5.75 Å². The van der Waals surface area contributed by atoms with Gasteiger partial charge in [-0.05, 0) is 37.3 Å². The molecule has 2 fully saturated rings. The number of ether oxygens (including phenoxy) is 1. The Morgan fingerprint density at radius 2 is 2.13 bits per heavy atom. The molecule has 0 unspecified atom stereocenters. The zero-order valence-electron chi connectivity index (χ0n) is 18.4. The standard InChI is InChI=1S/C23H30N6O2/c1-15(2)13-28-8-7-18(28)14-31-20-12-24-27(3)22(20)17-6-9-29-19(10-17)11-21(26-29)25-23(30)16-4-5-16/h6,9-12,15-16,18H,4-5,7-8,13-14H2,1-3H3,(H,25,26,30)/t18-/m1/s1. The molecule has 1 aliphatic carbocycles. The van der Waals surface area contributed by atoms with E-state index < -0.39 is 0 Å². The molecule has 1 atom stereocenters. The SMILES string of the molecule is CC(C)CN1CC[C@@H]1COc1cnn(C)c1-c1ccn2nc(NC(=O)C3CC3)cc2c1. The van der Waals surface area contributed by atoms with Crippen molar-refractivity contribution in [2.75, 3.05) is 25.0 Å². The van der Waals surface area contributed by atoms with Gasteiger partial charge in [-0.15, -0.1) is 0 Å². The zero-order chi connectivity index (χ0) is 21.5. The van der Waals surface area contributed by atoms with E-state index >= 15 is 0 Å². The van der Waals surface area contributed by atoms with E-state index in [0.717, 1.165) is 48.5 Å². The molecule has 1 N–H and O–H groups in total. The van der Waals surface area contributed by atoms with Gasteiger partial charge in [0.1, 0.15) is 12.3 Å². The minimum Gasteiger partial charge on any atom is -0.488 e. The molecule has 1 saturated heterocycles. The first-order chi connectivity index (χ1) is 15.0. The van der Waals surface area contributed by atoms with Gasteiger partial charge >= 0.3 is 0 Å². The first-order valence-corrected chi connectivity index (χ1v) is 11.2. The van der Waals surface area contributed by atoms with Crippen LogP contribution in [0.3, 0.4) is 0 Å². The van der Waals surface area contributed by atoms with Crippen LogP contribution in [0.1, 0.15) is 33.1 Å². The van der Waals surface area contributed by atoms with Crippen LogP contribution in [0.2, 0.25) is 0 Å². The first kappa shape index (κ1) is 20.1. The Labute approximate surface area is 182 Å². The number of amides is 1. The fraction of sp³-hybridized carbons (Fsp3) is 0.522. The summed E-state index contributed by atoms with van der Waals surface area (Å²) in [5.41, 5.74) is 2.87. The largest absolute Gasteiger partial charge is 0.488 e. The van der Waals surface area contributed by atoms with Crippen LogP contribution in [-0.4, -0.2) is 55.9 Å². The van der Waals surface area contributed by atoms with Gasteiger partial charge in [-0.1, -0.05) is 13.8 Å². The molecule has 8 nitrogen and oxygen atoms in total. The van der Waals surface area contributed by atoms with Crippen LogP contribution in [0.15, 0.2) is 30.6 Å². The lowest BCUT2D eigenvalue weighted by atomic mass is 10.0. The Morgan fingerprint density at radius 3 is 2.84 bits per heavy atom. The molecule has 0 radical (unpaired) electrons. The topological polar surface area (TPSA) is 76.7 Å². The van der Waals surface area contributed by atoms with Gasteiger partial charge in [0.2, 0.25) is 5.91 Å². The molecular weight excluding hydrogens is 392 g/mol. The van der Waals surface area contributed by atoms with Crippen molar-refractivity contribution < 1.29 is 9.53 Å². The average Bonchev–Trinajstić information content (AvgIpc) is 3.40. The number of nitrogens with zero attached hydrogens (tertiary/aromatic N) is 5. The van der Waals surface area contributed by atoms with Gasteiger partial charge in [0, 0.05) is 49.9 Å². The van der Waals surface area contributed by atoms with Crippen molar-refractivity contribution >= 4 is 17.2 Å². The molecule has 2 aliphatic rings. The second-order valence-electron chi connectivity index (χ2n) is 9.20. The lowest BCUT2D eigenvalue weighted by Gasteiger charge is -2.41. The third kappa shape index (κ3) is 4.17. The predicted octanol–water partition coefficient (Wildman–Crippen LogP) is 3.19. The second kappa shape index (κ2) is 8.00. The normalized spacial score (nSPS) is 19.0. The lowest BCUT2D eigenvalue weighted by Crippen LogP contribution is -2.52. The molecular formula is C23H30N6O2. The summed E-state index contributed by atoms with van der Waals surface area (Å²) in [5.74, 6) is 2.27. The summed E-state index contributed by atoms with van der Waals surface area (Å²) >= 11 is 0. The number of hydrogen-bond donors (Lipinski definition) is 1. The number of nitrogens with one attached hydrogen (secondary N) is 1. The van der Waals surface area contributed by atoms with Gasteiger partial charge in [0.25, 0.3) is 0 Å². The summed E-state index contributed by atoms with van der Waals surface area (Å²) in [6.07, 6.45) is 6.83. The number of likely N-dealkylation sites (tertiary alicyclic amines) is 1. The van der Waals surface area contributed by atoms with Crippen molar-refractivity contribution in [2.45, 2.75) is 39.2 Å². The number of carbonyl (C=O) groups excluding carboxylic acids is 1. The maximum atomic E-state index is 12.0. The Hall–Kier alpha value is -2.87. The third-order valence-corrected chi connectivity index (χ3v) is 6.14. The fourth-order valence-electron chi connectivity index (χ4n) is 4.21. The molecule has 3 aromatic rings. The van der Waals surface area contributed by atoms with Crippen LogP contribution in [0.25, 0.3) is 16.8 Å². The first-order valence-electron chi connectivity index (χ1n) is 11.2. The summed E-state index contributed by atoms with van der Waals surface area (Å²) in [6, 6.07) is 6.44. The van der Waals surface area contributed by atoms with E-state index in [-0.39, 0.29) is 11.8 Å². The number of hydrogen-bond acceptors (Lipinski definition) is 5. The Morgan fingerprint density at radius 1 is 1.29 bits per heavy atom. The Bertz CT molecular complexity index is 1100. The minimum atomic E-state index is 0.0634. The highest BCUT2D eigenvalue weighted by atomic mass is 16.5. The highest BCUT2D eigenvalue weighted by Crippen LogP contribution is 2.32. The van der Waals surface area contributed by atoms with Crippen LogP contribution in [-0.2, 0) is 11.8 Å². The van der Waals surface area contributed by atoms with E-state index in [1.165, 1.54) is 6.42 Å². The number of rotatable bonds is 8. The number of carbonyl (C=O) groups is 1. The van der Waals surface area contributed by atoms with Crippen LogP contribution in [0.4, 0.5) is 5.82 Å². The van der Waals surface area contributed by atoms with Crippen molar-refractivity contribution in [2.24, 2.45) is 18.9 Å².